The van der Waals surface area contributed by atoms with Crippen molar-refractivity contribution in [2.75, 3.05) is 0 Å². The first kappa shape index (κ1) is 15.5. The molecule has 4 nitrogen and oxygen atoms in total. The summed E-state index contributed by atoms with van der Waals surface area (Å²) in [4.78, 5) is 11.7. The fourth-order valence-electron chi connectivity index (χ4n) is 1.32. The van der Waals surface area contributed by atoms with Gasteiger partial charge in [-0.2, -0.15) is 5.26 Å². The number of benzene rings is 1. The van der Waals surface area contributed by atoms with E-state index in [9.17, 15) is 9.90 Å². The van der Waals surface area contributed by atoms with Gasteiger partial charge in [0.05, 0.1) is 9.50 Å². The van der Waals surface area contributed by atoms with Crippen LogP contribution in [0.15, 0.2) is 22.2 Å². The molecule has 0 unspecified atom stereocenters. The van der Waals surface area contributed by atoms with Crippen molar-refractivity contribution in [2.24, 2.45) is 0 Å². The summed E-state index contributed by atoms with van der Waals surface area (Å²) in [5.74, 6) is -0.526. The maximum atomic E-state index is 11.7. The van der Waals surface area contributed by atoms with Crippen LogP contribution in [-0.4, -0.2) is 17.1 Å². The molecule has 19 heavy (non-hydrogen) atoms. The van der Waals surface area contributed by atoms with Crippen molar-refractivity contribution in [2.45, 2.75) is 19.9 Å². The Balaban J connectivity index is 3.12. The van der Waals surface area contributed by atoms with E-state index >= 15 is 0 Å². The van der Waals surface area contributed by atoms with Gasteiger partial charge < -0.3 is 10.4 Å². The zero-order valence-corrected chi connectivity index (χ0v) is 12.7. The van der Waals surface area contributed by atoms with Gasteiger partial charge in [0, 0.05) is 6.04 Å². The average Bonchev–Trinajstić information content (AvgIpc) is 2.31. The monoisotopic (exact) mass is 342 g/mol. The van der Waals surface area contributed by atoms with Gasteiger partial charge >= 0.3 is 0 Å². The zero-order valence-electron chi connectivity index (χ0n) is 10.4. The van der Waals surface area contributed by atoms with Crippen molar-refractivity contribution < 1.29 is 9.90 Å². The quantitative estimate of drug-likeness (QED) is 0.653. The molecule has 1 amide bonds. The number of amides is 1. The van der Waals surface area contributed by atoms with Crippen molar-refractivity contribution >= 4 is 39.5 Å². The van der Waals surface area contributed by atoms with Crippen LogP contribution < -0.4 is 5.32 Å². The minimum absolute atomic E-state index is 0.0256. The normalized spacial score (nSPS) is 11.3. The highest BCUT2D eigenvalue weighted by Crippen LogP contribution is 2.33. The van der Waals surface area contributed by atoms with Crippen molar-refractivity contribution in [3.05, 3.63) is 32.8 Å². The standard InChI is InChI=1S/C13H12BrClN2O2/c1-7(2)17-13(19)9(6-16)3-8-4-10(14)12(18)11(15)5-8/h3-5,7,18H,1-2H3,(H,17,19). The molecule has 0 aliphatic heterocycles. The molecule has 1 aromatic carbocycles. The minimum atomic E-state index is -0.446. The second kappa shape index (κ2) is 6.60. The number of phenols is 1. The molecule has 0 heterocycles. The summed E-state index contributed by atoms with van der Waals surface area (Å²) in [6, 6.07) is 4.83. The number of nitrogens with zero attached hydrogens (tertiary/aromatic N) is 1. The van der Waals surface area contributed by atoms with Crippen LogP contribution in [0.25, 0.3) is 6.08 Å². The van der Waals surface area contributed by atoms with E-state index in [0.29, 0.717) is 10.0 Å². The Hall–Kier alpha value is -1.51. The third-order valence-corrected chi connectivity index (χ3v) is 3.03. The first-order valence-electron chi connectivity index (χ1n) is 5.45. The molecule has 0 atom stereocenters. The lowest BCUT2D eigenvalue weighted by molar-refractivity contribution is -0.117. The SMILES string of the molecule is CC(C)NC(=O)C(C#N)=Cc1cc(Cl)c(O)c(Br)c1. The van der Waals surface area contributed by atoms with E-state index in [1.54, 1.807) is 19.9 Å². The molecule has 0 aromatic heterocycles. The number of rotatable bonds is 3. The Labute approximate surface area is 124 Å². The molecule has 1 rings (SSSR count). The molecular formula is C13H12BrClN2O2. The highest BCUT2D eigenvalue weighted by atomic mass is 79.9. The molecule has 0 bridgehead atoms. The van der Waals surface area contributed by atoms with Crippen LogP contribution in [0.3, 0.4) is 0 Å². The highest BCUT2D eigenvalue weighted by Gasteiger charge is 2.11. The van der Waals surface area contributed by atoms with Crippen LogP contribution in [-0.2, 0) is 4.79 Å². The number of hydrogen-bond acceptors (Lipinski definition) is 3. The Kier molecular flexibility index (Phi) is 5.40. The number of nitrogens with one attached hydrogen (secondary N) is 1. The summed E-state index contributed by atoms with van der Waals surface area (Å²) in [5.41, 5.74) is 0.521. The molecule has 0 saturated heterocycles. The highest BCUT2D eigenvalue weighted by molar-refractivity contribution is 9.10. The minimum Gasteiger partial charge on any atom is -0.505 e. The molecule has 6 heteroatoms. The first-order valence-corrected chi connectivity index (χ1v) is 6.63. The van der Waals surface area contributed by atoms with Gasteiger partial charge in [0.25, 0.3) is 5.91 Å². The van der Waals surface area contributed by atoms with E-state index in [0.717, 1.165) is 0 Å². The second-order valence-electron chi connectivity index (χ2n) is 4.13. The van der Waals surface area contributed by atoms with Crippen LogP contribution in [0.2, 0.25) is 5.02 Å². The summed E-state index contributed by atoms with van der Waals surface area (Å²) in [6.45, 7) is 3.61. The van der Waals surface area contributed by atoms with Gasteiger partial charge in [0.1, 0.15) is 17.4 Å². The molecule has 100 valence electrons. The number of aromatic hydroxyl groups is 1. The second-order valence-corrected chi connectivity index (χ2v) is 5.39. The van der Waals surface area contributed by atoms with E-state index in [1.807, 2.05) is 6.07 Å². The largest absolute Gasteiger partial charge is 0.505 e. The van der Waals surface area contributed by atoms with E-state index < -0.39 is 5.91 Å². The summed E-state index contributed by atoms with van der Waals surface area (Å²) >= 11 is 8.96. The number of halogens is 2. The fraction of sp³-hybridized carbons (Fsp3) is 0.231. The Morgan fingerprint density at radius 1 is 1.58 bits per heavy atom. The maximum Gasteiger partial charge on any atom is 0.262 e. The third kappa shape index (κ3) is 4.27. The predicted molar refractivity (Wildman–Crippen MR) is 77.7 cm³/mol. The smallest absolute Gasteiger partial charge is 0.262 e. The summed E-state index contributed by atoms with van der Waals surface area (Å²) < 4.78 is 0.396. The van der Waals surface area contributed by atoms with E-state index in [1.165, 1.54) is 12.1 Å². The van der Waals surface area contributed by atoms with E-state index in [2.05, 4.69) is 21.2 Å². The van der Waals surface area contributed by atoms with E-state index in [-0.39, 0.29) is 22.4 Å². The number of nitriles is 1. The van der Waals surface area contributed by atoms with Crippen LogP contribution >= 0.6 is 27.5 Å². The topological polar surface area (TPSA) is 73.1 Å². The van der Waals surface area contributed by atoms with Gasteiger partial charge in [-0.15, -0.1) is 0 Å². The molecule has 0 fully saturated rings. The Morgan fingerprint density at radius 3 is 2.68 bits per heavy atom. The summed E-state index contributed by atoms with van der Waals surface area (Å²) in [6.07, 6.45) is 1.41. The van der Waals surface area contributed by atoms with Gasteiger partial charge in [0.15, 0.2) is 0 Å². The molecule has 0 spiro atoms. The van der Waals surface area contributed by atoms with Crippen molar-refractivity contribution in [3.63, 3.8) is 0 Å². The Morgan fingerprint density at radius 2 is 2.21 bits per heavy atom. The lowest BCUT2D eigenvalue weighted by atomic mass is 10.1. The fourth-order valence-corrected chi connectivity index (χ4v) is 2.14. The van der Waals surface area contributed by atoms with E-state index in [4.69, 9.17) is 16.9 Å². The number of phenolic OH excluding ortho intramolecular Hbond substituents is 1. The molecule has 0 aliphatic carbocycles. The van der Waals surface area contributed by atoms with Crippen LogP contribution in [0, 0.1) is 11.3 Å². The van der Waals surface area contributed by atoms with Crippen molar-refractivity contribution in [3.8, 4) is 11.8 Å². The van der Waals surface area contributed by atoms with Crippen LogP contribution in [0.1, 0.15) is 19.4 Å². The number of carbonyl (C=O) groups is 1. The average molecular weight is 344 g/mol. The van der Waals surface area contributed by atoms with Crippen LogP contribution in [0.5, 0.6) is 5.75 Å². The lowest BCUT2D eigenvalue weighted by Crippen LogP contribution is -2.30. The number of hydrogen-bond donors (Lipinski definition) is 2. The molecule has 0 saturated carbocycles. The van der Waals surface area contributed by atoms with Gasteiger partial charge in [-0.3, -0.25) is 4.79 Å². The van der Waals surface area contributed by atoms with Crippen molar-refractivity contribution in [1.29, 1.82) is 5.26 Å². The zero-order chi connectivity index (χ0) is 14.6. The Bertz CT molecular complexity index is 553. The van der Waals surface area contributed by atoms with Gasteiger partial charge in [-0.1, -0.05) is 11.6 Å². The molecule has 0 radical (unpaired) electrons. The third-order valence-electron chi connectivity index (χ3n) is 2.14. The summed E-state index contributed by atoms with van der Waals surface area (Å²) in [7, 11) is 0. The molecule has 2 N–H and O–H groups in total. The van der Waals surface area contributed by atoms with Crippen LogP contribution in [0.4, 0.5) is 0 Å². The first-order chi connectivity index (χ1) is 8.85. The molecule has 0 aliphatic rings. The maximum absolute atomic E-state index is 11.7. The van der Waals surface area contributed by atoms with Gasteiger partial charge in [-0.25, -0.2) is 0 Å². The molecule has 1 aromatic rings. The van der Waals surface area contributed by atoms with Crippen molar-refractivity contribution in [1.82, 2.24) is 5.32 Å². The summed E-state index contributed by atoms with van der Waals surface area (Å²) in [5, 5.41) is 21.3. The molecular weight excluding hydrogens is 332 g/mol. The van der Waals surface area contributed by atoms with Gasteiger partial charge in [-0.05, 0) is 53.5 Å². The lowest BCUT2D eigenvalue weighted by Gasteiger charge is -2.07. The number of carbonyl (C=O) groups excluding carboxylic acids is 1. The van der Waals surface area contributed by atoms with Gasteiger partial charge in [0.2, 0.25) is 0 Å². The predicted octanol–water partition coefficient (Wildman–Crippen LogP) is 3.24.